The lowest BCUT2D eigenvalue weighted by Gasteiger charge is -2.26. The Bertz CT molecular complexity index is 1190. The Kier molecular flexibility index (Phi) is 6.77. The lowest BCUT2D eigenvalue weighted by atomic mass is 9.99. The molecule has 0 fully saturated rings. The van der Waals surface area contributed by atoms with Gasteiger partial charge in [0.15, 0.2) is 0 Å². The van der Waals surface area contributed by atoms with Gasteiger partial charge in [0.05, 0.1) is 4.90 Å². The van der Waals surface area contributed by atoms with Gasteiger partial charge in [-0.15, -0.1) is 0 Å². The zero-order valence-electron chi connectivity index (χ0n) is 17.1. The van der Waals surface area contributed by atoms with Crippen molar-refractivity contribution in [1.29, 1.82) is 0 Å². The van der Waals surface area contributed by atoms with E-state index in [4.69, 9.17) is 11.6 Å². The summed E-state index contributed by atoms with van der Waals surface area (Å²) in [5, 5.41) is 1.89. The number of H-pyrrole nitrogens is 1. The van der Waals surface area contributed by atoms with Crippen LogP contribution in [0.2, 0.25) is 5.02 Å². The Morgan fingerprint density at radius 1 is 1.13 bits per heavy atom. The summed E-state index contributed by atoms with van der Waals surface area (Å²) in [5.41, 5.74) is 3.63. The summed E-state index contributed by atoms with van der Waals surface area (Å²) in [7, 11) is -3.59. The second-order valence-corrected chi connectivity index (χ2v) is 9.93. The highest BCUT2D eigenvalue weighted by atomic mass is 35.5. The van der Waals surface area contributed by atoms with Gasteiger partial charge in [-0.25, -0.2) is 17.5 Å². The molecule has 2 N–H and O–H groups in total. The van der Waals surface area contributed by atoms with Gasteiger partial charge in [-0.3, -0.25) is 4.90 Å². The first-order valence-electron chi connectivity index (χ1n) is 10.4. The van der Waals surface area contributed by atoms with Crippen LogP contribution in [-0.2, 0) is 10.0 Å². The maximum Gasteiger partial charge on any atom is 0.240 e. The second-order valence-electron chi connectivity index (χ2n) is 7.73. The van der Waals surface area contributed by atoms with Gasteiger partial charge in [0, 0.05) is 47.3 Å². The standard InChI is InChI=1S/C23H25ClFN3O2S/c24-18-3-8-23-21(15-18)22(16-26-23)17-9-13-28(14-10-17)12-2-1-11-27-31(29,30)20-6-4-19(25)5-7-20/h3-9,15-16,26-27H,1-2,10-14H2. The number of nitrogens with one attached hydrogen (secondary N) is 2. The fraction of sp³-hybridized carbons (Fsp3) is 0.304. The first-order chi connectivity index (χ1) is 14.9. The first kappa shape index (κ1) is 22.0. The Hall–Kier alpha value is -2.19. The SMILES string of the molecule is O=S(=O)(NCCCCN1CC=C(c2c[nH]c3ccc(Cl)cc23)CC1)c1ccc(F)cc1. The Balaban J connectivity index is 1.23. The van der Waals surface area contributed by atoms with Gasteiger partial charge in [-0.1, -0.05) is 17.7 Å². The topological polar surface area (TPSA) is 65.2 Å². The van der Waals surface area contributed by atoms with E-state index in [1.165, 1.54) is 23.3 Å². The van der Waals surface area contributed by atoms with Crippen molar-refractivity contribution < 1.29 is 12.8 Å². The third-order valence-electron chi connectivity index (χ3n) is 5.60. The van der Waals surface area contributed by atoms with Gasteiger partial charge < -0.3 is 4.98 Å². The zero-order chi connectivity index (χ0) is 21.8. The predicted octanol–water partition coefficient (Wildman–Crippen LogP) is 4.81. The van der Waals surface area contributed by atoms with Crippen molar-refractivity contribution in [1.82, 2.24) is 14.6 Å². The molecule has 2 aromatic carbocycles. The van der Waals surface area contributed by atoms with E-state index < -0.39 is 15.8 Å². The molecule has 164 valence electrons. The Morgan fingerprint density at radius 2 is 1.94 bits per heavy atom. The van der Waals surface area contributed by atoms with Crippen LogP contribution in [0.15, 0.2) is 59.6 Å². The van der Waals surface area contributed by atoms with Crippen LogP contribution in [0.1, 0.15) is 24.8 Å². The van der Waals surface area contributed by atoms with Gasteiger partial charge in [0.1, 0.15) is 5.82 Å². The molecule has 0 saturated carbocycles. The molecule has 0 saturated heterocycles. The van der Waals surface area contributed by atoms with E-state index in [1.807, 2.05) is 18.2 Å². The number of hydrogen-bond acceptors (Lipinski definition) is 3. The highest BCUT2D eigenvalue weighted by Gasteiger charge is 2.16. The van der Waals surface area contributed by atoms with Crippen molar-refractivity contribution in [3.63, 3.8) is 0 Å². The van der Waals surface area contributed by atoms with Crippen molar-refractivity contribution in [2.45, 2.75) is 24.2 Å². The fourth-order valence-electron chi connectivity index (χ4n) is 3.88. The third-order valence-corrected chi connectivity index (χ3v) is 7.31. The monoisotopic (exact) mass is 461 g/mol. The van der Waals surface area contributed by atoms with Crippen molar-refractivity contribution >= 4 is 38.1 Å². The van der Waals surface area contributed by atoms with E-state index in [0.29, 0.717) is 6.54 Å². The molecule has 1 aliphatic rings. The molecular weight excluding hydrogens is 437 g/mol. The quantitative estimate of drug-likeness (QED) is 0.473. The summed E-state index contributed by atoms with van der Waals surface area (Å²) in [6.45, 7) is 3.14. The predicted molar refractivity (Wildman–Crippen MR) is 123 cm³/mol. The highest BCUT2D eigenvalue weighted by Crippen LogP contribution is 2.30. The van der Waals surface area contributed by atoms with Crippen LogP contribution < -0.4 is 4.72 Å². The van der Waals surface area contributed by atoms with Gasteiger partial charge in [0.25, 0.3) is 0 Å². The Morgan fingerprint density at radius 3 is 2.68 bits per heavy atom. The molecule has 1 aromatic heterocycles. The third kappa shape index (κ3) is 5.36. The van der Waals surface area contributed by atoms with E-state index in [-0.39, 0.29) is 4.90 Å². The molecule has 0 atom stereocenters. The molecule has 0 amide bonds. The Labute approximate surface area is 187 Å². The lowest BCUT2D eigenvalue weighted by molar-refractivity contribution is 0.295. The molecule has 3 aromatic rings. The highest BCUT2D eigenvalue weighted by molar-refractivity contribution is 7.89. The van der Waals surface area contributed by atoms with E-state index in [2.05, 4.69) is 26.9 Å². The summed E-state index contributed by atoms with van der Waals surface area (Å²) in [4.78, 5) is 5.77. The first-order valence-corrected chi connectivity index (χ1v) is 12.2. The van der Waals surface area contributed by atoms with Gasteiger partial charge in [-0.05, 0) is 73.8 Å². The molecular formula is C23H25ClFN3O2S. The minimum atomic E-state index is -3.59. The number of hydrogen-bond donors (Lipinski definition) is 2. The number of fused-ring (bicyclic) bond motifs is 1. The lowest BCUT2D eigenvalue weighted by Crippen LogP contribution is -2.30. The van der Waals surface area contributed by atoms with Crippen molar-refractivity contribution in [3.05, 3.63) is 71.1 Å². The van der Waals surface area contributed by atoms with Crippen LogP contribution in [0.25, 0.3) is 16.5 Å². The van der Waals surface area contributed by atoms with E-state index in [9.17, 15) is 12.8 Å². The van der Waals surface area contributed by atoms with Crippen LogP contribution in [0.4, 0.5) is 4.39 Å². The fourth-order valence-corrected chi connectivity index (χ4v) is 5.13. The van der Waals surface area contributed by atoms with Crippen molar-refractivity contribution in [2.75, 3.05) is 26.2 Å². The molecule has 31 heavy (non-hydrogen) atoms. The van der Waals surface area contributed by atoms with Crippen LogP contribution in [-0.4, -0.2) is 44.5 Å². The number of sulfonamides is 1. The van der Waals surface area contributed by atoms with Gasteiger partial charge in [0.2, 0.25) is 10.0 Å². The molecule has 0 radical (unpaired) electrons. The smallest absolute Gasteiger partial charge is 0.240 e. The summed E-state index contributed by atoms with van der Waals surface area (Å²) >= 11 is 6.16. The number of rotatable bonds is 8. The molecule has 0 unspecified atom stereocenters. The van der Waals surface area contributed by atoms with Crippen LogP contribution in [0.3, 0.4) is 0 Å². The maximum absolute atomic E-state index is 13.0. The minimum Gasteiger partial charge on any atom is -0.361 e. The second kappa shape index (κ2) is 9.53. The summed E-state index contributed by atoms with van der Waals surface area (Å²) < 4.78 is 40.0. The van der Waals surface area contributed by atoms with Crippen LogP contribution in [0.5, 0.6) is 0 Å². The molecule has 4 rings (SSSR count). The molecule has 0 bridgehead atoms. The molecule has 8 heteroatoms. The average molecular weight is 462 g/mol. The molecule has 1 aliphatic heterocycles. The van der Waals surface area contributed by atoms with Crippen LogP contribution >= 0.6 is 11.6 Å². The van der Waals surface area contributed by atoms with Gasteiger partial charge >= 0.3 is 0 Å². The largest absolute Gasteiger partial charge is 0.361 e. The van der Waals surface area contributed by atoms with E-state index in [1.54, 1.807) is 0 Å². The zero-order valence-corrected chi connectivity index (χ0v) is 18.6. The van der Waals surface area contributed by atoms with E-state index >= 15 is 0 Å². The van der Waals surface area contributed by atoms with Crippen LogP contribution in [0, 0.1) is 5.82 Å². The van der Waals surface area contributed by atoms with Crippen molar-refractivity contribution in [2.24, 2.45) is 0 Å². The molecule has 0 aliphatic carbocycles. The summed E-state index contributed by atoms with van der Waals surface area (Å²) in [5.74, 6) is -0.453. The minimum absolute atomic E-state index is 0.0844. The molecule has 0 spiro atoms. The normalized spacial score (nSPS) is 15.4. The molecule has 2 heterocycles. The number of nitrogens with zero attached hydrogens (tertiary/aromatic N) is 1. The number of benzene rings is 2. The summed E-state index contributed by atoms with van der Waals surface area (Å²) in [6, 6.07) is 10.7. The van der Waals surface area contributed by atoms with E-state index in [0.717, 1.165) is 67.0 Å². The van der Waals surface area contributed by atoms with Gasteiger partial charge in [-0.2, -0.15) is 0 Å². The number of aromatic nitrogens is 1. The summed E-state index contributed by atoms with van der Waals surface area (Å²) in [6.07, 6.45) is 6.93. The maximum atomic E-state index is 13.0. The number of halogens is 2. The average Bonchev–Trinajstić information content (AvgIpc) is 3.17. The number of unbranched alkanes of at least 4 members (excludes halogenated alkanes) is 1. The van der Waals surface area contributed by atoms with Crippen molar-refractivity contribution in [3.8, 4) is 0 Å². The molecule has 5 nitrogen and oxygen atoms in total. The number of aromatic amines is 1.